The molecule has 88 valence electrons. The fourth-order valence-electron chi connectivity index (χ4n) is 2.32. The minimum absolute atomic E-state index is 0.00144. The van der Waals surface area contributed by atoms with Gasteiger partial charge in [-0.05, 0) is 32.6 Å². The SMILES string of the molecule is CCC1CCCCN1C(=O)c1oncc1C. The van der Waals surface area contributed by atoms with Gasteiger partial charge in [0.2, 0.25) is 5.76 Å². The van der Waals surface area contributed by atoms with Crippen molar-refractivity contribution >= 4 is 5.91 Å². The summed E-state index contributed by atoms with van der Waals surface area (Å²) < 4.78 is 5.03. The lowest BCUT2D eigenvalue weighted by Crippen LogP contribution is -2.43. The van der Waals surface area contributed by atoms with Gasteiger partial charge < -0.3 is 9.42 Å². The number of nitrogens with zero attached hydrogens (tertiary/aromatic N) is 2. The average molecular weight is 222 g/mol. The first-order valence-electron chi connectivity index (χ1n) is 5.96. The third-order valence-corrected chi connectivity index (χ3v) is 3.30. The highest BCUT2D eigenvalue weighted by atomic mass is 16.5. The molecule has 4 nitrogen and oxygen atoms in total. The van der Waals surface area contributed by atoms with Gasteiger partial charge >= 0.3 is 0 Å². The van der Waals surface area contributed by atoms with Gasteiger partial charge in [-0.25, -0.2) is 0 Å². The van der Waals surface area contributed by atoms with Crippen molar-refractivity contribution in [2.75, 3.05) is 6.54 Å². The van der Waals surface area contributed by atoms with E-state index in [0.717, 1.165) is 31.4 Å². The third-order valence-electron chi connectivity index (χ3n) is 3.30. The van der Waals surface area contributed by atoms with E-state index in [2.05, 4.69) is 12.1 Å². The molecule has 2 heterocycles. The minimum atomic E-state index is 0.00144. The number of amides is 1. The molecule has 1 unspecified atom stereocenters. The molecule has 0 aromatic carbocycles. The number of piperidine rings is 1. The number of hydrogen-bond acceptors (Lipinski definition) is 3. The average Bonchev–Trinajstić information content (AvgIpc) is 2.74. The van der Waals surface area contributed by atoms with Crippen LogP contribution in [0.15, 0.2) is 10.7 Å². The topological polar surface area (TPSA) is 46.3 Å². The third kappa shape index (κ3) is 1.96. The first-order valence-corrected chi connectivity index (χ1v) is 5.96. The molecule has 1 aliphatic heterocycles. The number of aromatic nitrogens is 1. The van der Waals surface area contributed by atoms with Crippen molar-refractivity contribution in [3.63, 3.8) is 0 Å². The quantitative estimate of drug-likeness (QED) is 0.771. The zero-order valence-electron chi connectivity index (χ0n) is 9.90. The Morgan fingerprint density at radius 3 is 3.06 bits per heavy atom. The van der Waals surface area contributed by atoms with Crippen LogP contribution < -0.4 is 0 Å². The van der Waals surface area contributed by atoms with Gasteiger partial charge in [0.05, 0.1) is 6.20 Å². The molecule has 1 atom stereocenters. The Hall–Kier alpha value is -1.32. The van der Waals surface area contributed by atoms with Crippen molar-refractivity contribution in [1.29, 1.82) is 0 Å². The van der Waals surface area contributed by atoms with Crippen molar-refractivity contribution in [2.45, 2.75) is 45.6 Å². The molecule has 16 heavy (non-hydrogen) atoms. The Labute approximate surface area is 95.6 Å². The monoisotopic (exact) mass is 222 g/mol. The maximum absolute atomic E-state index is 12.2. The van der Waals surface area contributed by atoms with E-state index in [0.29, 0.717) is 11.8 Å². The van der Waals surface area contributed by atoms with Crippen LogP contribution in [0.3, 0.4) is 0 Å². The van der Waals surface area contributed by atoms with E-state index >= 15 is 0 Å². The molecule has 2 rings (SSSR count). The summed E-state index contributed by atoms with van der Waals surface area (Å²) in [7, 11) is 0. The van der Waals surface area contributed by atoms with Crippen molar-refractivity contribution in [3.8, 4) is 0 Å². The summed E-state index contributed by atoms with van der Waals surface area (Å²) in [6, 6.07) is 0.366. The number of rotatable bonds is 2. The minimum Gasteiger partial charge on any atom is -0.351 e. The summed E-state index contributed by atoms with van der Waals surface area (Å²) in [5, 5.41) is 3.67. The molecule has 1 saturated heterocycles. The van der Waals surface area contributed by atoms with E-state index in [1.165, 1.54) is 6.42 Å². The van der Waals surface area contributed by atoms with Gasteiger partial charge in [-0.2, -0.15) is 0 Å². The highest BCUT2D eigenvalue weighted by Gasteiger charge is 2.29. The Bertz CT molecular complexity index is 373. The Kier molecular flexibility index (Phi) is 3.27. The van der Waals surface area contributed by atoms with E-state index in [1.54, 1.807) is 6.20 Å². The molecule has 1 amide bonds. The molecular formula is C12H18N2O2. The molecule has 1 aliphatic rings. The second-order valence-electron chi connectivity index (χ2n) is 4.39. The van der Waals surface area contributed by atoms with E-state index in [9.17, 15) is 4.79 Å². The summed E-state index contributed by atoms with van der Waals surface area (Å²) in [6.07, 6.45) is 6.03. The smallest absolute Gasteiger partial charge is 0.292 e. The number of carbonyl (C=O) groups is 1. The number of aryl methyl sites for hydroxylation is 1. The fourth-order valence-corrected chi connectivity index (χ4v) is 2.32. The highest BCUT2D eigenvalue weighted by Crippen LogP contribution is 2.22. The van der Waals surface area contributed by atoms with Crippen LogP contribution in [0.1, 0.15) is 48.7 Å². The lowest BCUT2D eigenvalue weighted by Gasteiger charge is -2.34. The van der Waals surface area contributed by atoms with E-state index in [1.807, 2.05) is 11.8 Å². The van der Waals surface area contributed by atoms with Crippen molar-refractivity contribution in [2.24, 2.45) is 0 Å². The van der Waals surface area contributed by atoms with Crippen LogP contribution in [-0.4, -0.2) is 28.6 Å². The summed E-state index contributed by atoms with van der Waals surface area (Å²) in [6.45, 7) is 4.83. The zero-order valence-corrected chi connectivity index (χ0v) is 9.90. The summed E-state index contributed by atoms with van der Waals surface area (Å²) in [5.41, 5.74) is 0.824. The highest BCUT2D eigenvalue weighted by molar-refractivity contribution is 5.92. The van der Waals surface area contributed by atoms with Gasteiger partial charge in [0.25, 0.3) is 5.91 Å². The van der Waals surface area contributed by atoms with Crippen molar-refractivity contribution in [3.05, 3.63) is 17.5 Å². The van der Waals surface area contributed by atoms with Gasteiger partial charge in [-0.3, -0.25) is 4.79 Å². The Balaban J connectivity index is 2.17. The molecule has 0 N–H and O–H groups in total. The molecule has 0 saturated carbocycles. The fraction of sp³-hybridized carbons (Fsp3) is 0.667. The number of hydrogen-bond donors (Lipinski definition) is 0. The maximum atomic E-state index is 12.2. The standard InChI is InChI=1S/C12H18N2O2/c1-3-10-6-4-5-7-14(10)12(15)11-9(2)8-13-16-11/h8,10H,3-7H2,1-2H3. The van der Waals surface area contributed by atoms with Crippen LogP contribution in [0.2, 0.25) is 0 Å². The van der Waals surface area contributed by atoms with Crippen LogP contribution >= 0.6 is 0 Å². The lowest BCUT2D eigenvalue weighted by atomic mass is 9.99. The normalized spacial score (nSPS) is 21.1. The van der Waals surface area contributed by atoms with Crippen molar-refractivity contribution < 1.29 is 9.32 Å². The number of carbonyl (C=O) groups excluding carboxylic acids is 1. The lowest BCUT2D eigenvalue weighted by molar-refractivity contribution is 0.0565. The second-order valence-corrected chi connectivity index (χ2v) is 4.39. The van der Waals surface area contributed by atoms with Gasteiger partial charge in [0, 0.05) is 18.2 Å². The number of likely N-dealkylation sites (tertiary alicyclic amines) is 1. The van der Waals surface area contributed by atoms with E-state index < -0.39 is 0 Å². The molecule has 1 aromatic rings. The van der Waals surface area contributed by atoms with Gasteiger partial charge in [-0.15, -0.1) is 0 Å². The zero-order chi connectivity index (χ0) is 11.5. The molecule has 0 aliphatic carbocycles. The molecule has 0 bridgehead atoms. The molecule has 1 aromatic heterocycles. The van der Waals surface area contributed by atoms with Crippen LogP contribution in [0.4, 0.5) is 0 Å². The van der Waals surface area contributed by atoms with Crippen LogP contribution in [0, 0.1) is 6.92 Å². The van der Waals surface area contributed by atoms with Crippen LogP contribution in [-0.2, 0) is 0 Å². The second kappa shape index (κ2) is 4.68. The van der Waals surface area contributed by atoms with Crippen molar-refractivity contribution in [1.82, 2.24) is 10.1 Å². The molecule has 1 fully saturated rings. The molecule has 4 heteroatoms. The van der Waals surface area contributed by atoms with Gasteiger partial charge in [0.1, 0.15) is 0 Å². The van der Waals surface area contributed by atoms with Gasteiger partial charge in [-0.1, -0.05) is 12.1 Å². The first kappa shape index (κ1) is 11.2. The van der Waals surface area contributed by atoms with Gasteiger partial charge in [0.15, 0.2) is 0 Å². The largest absolute Gasteiger partial charge is 0.351 e. The van der Waals surface area contributed by atoms with E-state index in [4.69, 9.17) is 4.52 Å². The maximum Gasteiger partial charge on any atom is 0.292 e. The van der Waals surface area contributed by atoms with E-state index in [-0.39, 0.29) is 5.91 Å². The molecular weight excluding hydrogens is 204 g/mol. The summed E-state index contributed by atoms with van der Waals surface area (Å²) >= 11 is 0. The molecule has 0 spiro atoms. The predicted octanol–water partition coefficient (Wildman–Crippen LogP) is 2.39. The first-order chi connectivity index (χ1) is 7.74. The predicted molar refractivity (Wildman–Crippen MR) is 60.2 cm³/mol. The van der Waals surface area contributed by atoms with Crippen LogP contribution in [0.5, 0.6) is 0 Å². The molecule has 0 radical (unpaired) electrons. The summed E-state index contributed by atoms with van der Waals surface area (Å²) in [5.74, 6) is 0.405. The Morgan fingerprint density at radius 1 is 1.62 bits per heavy atom. The van der Waals surface area contributed by atoms with Crippen LogP contribution in [0.25, 0.3) is 0 Å². The Morgan fingerprint density at radius 2 is 2.44 bits per heavy atom. The summed E-state index contributed by atoms with van der Waals surface area (Å²) in [4.78, 5) is 14.2.